The van der Waals surface area contributed by atoms with Crippen molar-refractivity contribution in [2.45, 2.75) is 25.7 Å². The molecule has 4 N–H and O–H groups in total. The van der Waals surface area contributed by atoms with Gasteiger partial charge >= 0.3 is 6.36 Å². The molecule has 0 aliphatic heterocycles. The summed E-state index contributed by atoms with van der Waals surface area (Å²) in [4.78, 5) is 4.63. The van der Waals surface area contributed by atoms with E-state index in [0.717, 1.165) is 35.4 Å². The molecular weight excluding hydrogens is 521 g/mol. The van der Waals surface area contributed by atoms with Crippen LogP contribution in [0, 0.1) is 0 Å². The summed E-state index contributed by atoms with van der Waals surface area (Å²) in [7, 11) is 0. The second-order valence-corrected chi connectivity index (χ2v) is 8.46. The number of hydrogen-bond donors (Lipinski definition) is 4. The molecule has 14 heteroatoms. The van der Waals surface area contributed by atoms with Crippen molar-refractivity contribution in [2.24, 2.45) is 0 Å². The highest BCUT2D eigenvalue weighted by Crippen LogP contribution is 2.29. The van der Waals surface area contributed by atoms with E-state index in [1.807, 2.05) is 6.07 Å². The van der Waals surface area contributed by atoms with Gasteiger partial charge in [0.1, 0.15) is 30.2 Å². The van der Waals surface area contributed by atoms with E-state index < -0.39 is 6.36 Å². The number of anilines is 1. The smallest absolute Gasteiger partial charge is 0.491 e. The Morgan fingerprint density at radius 2 is 1.87 bits per heavy atom. The Labute approximate surface area is 221 Å². The van der Waals surface area contributed by atoms with Gasteiger partial charge in [-0.1, -0.05) is 5.16 Å². The van der Waals surface area contributed by atoms with Crippen molar-refractivity contribution in [3.8, 4) is 22.8 Å². The van der Waals surface area contributed by atoms with Crippen LogP contribution in [-0.4, -0.2) is 71.3 Å². The molecule has 4 aromatic rings. The molecule has 39 heavy (non-hydrogen) atoms. The van der Waals surface area contributed by atoms with Gasteiger partial charge in [0.25, 0.3) is 0 Å². The molecule has 0 radical (unpaired) electrons. The van der Waals surface area contributed by atoms with Gasteiger partial charge in [-0.25, -0.2) is 4.98 Å². The molecule has 4 rings (SSSR count). The van der Waals surface area contributed by atoms with Gasteiger partial charge in [-0.2, -0.15) is 5.10 Å². The Bertz CT molecular complexity index is 1300. The summed E-state index contributed by atoms with van der Waals surface area (Å²) < 4.78 is 57.7. The van der Waals surface area contributed by atoms with Gasteiger partial charge in [-0.15, -0.1) is 13.2 Å². The van der Waals surface area contributed by atoms with Crippen molar-refractivity contribution in [2.75, 3.05) is 44.8 Å². The first-order valence-corrected chi connectivity index (χ1v) is 12.3. The lowest BCUT2D eigenvalue weighted by atomic mass is 10.2. The number of aliphatic hydroxyl groups is 1. The predicted molar refractivity (Wildman–Crippen MR) is 135 cm³/mol. The zero-order chi connectivity index (χ0) is 27.5. The minimum atomic E-state index is -4.81. The number of fused-ring (bicyclic) bond motifs is 1. The molecule has 0 saturated heterocycles. The molecule has 3 aromatic heterocycles. The summed E-state index contributed by atoms with van der Waals surface area (Å²) in [6, 6.07) is 5.92. The van der Waals surface area contributed by atoms with Crippen LogP contribution in [0.5, 0.6) is 11.5 Å². The monoisotopic (exact) mass is 550 g/mol. The SMILES string of the molecule is OCCOc1cc(CNCCCCOCCNc2nc(-c3cnoc3)cc3[nH]ncc23)cc(OC(F)(F)F)c1. The predicted octanol–water partition coefficient (Wildman–Crippen LogP) is 3.88. The van der Waals surface area contributed by atoms with Gasteiger partial charge in [0, 0.05) is 25.8 Å². The molecule has 3 heterocycles. The number of nitrogens with one attached hydrogen (secondary N) is 3. The topological polar surface area (TPSA) is 140 Å². The molecule has 0 amide bonds. The number of H-pyrrole nitrogens is 1. The van der Waals surface area contributed by atoms with Crippen molar-refractivity contribution in [1.82, 2.24) is 25.7 Å². The van der Waals surface area contributed by atoms with E-state index in [0.29, 0.717) is 49.9 Å². The van der Waals surface area contributed by atoms with Crippen LogP contribution in [0.15, 0.2) is 47.4 Å². The number of aromatic amines is 1. The number of halogens is 3. The van der Waals surface area contributed by atoms with Crippen LogP contribution in [0.4, 0.5) is 19.0 Å². The molecule has 11 nitrogen and oxygen atoms in total. The van der Waals surface area contributed by atoms with E-state index in [1.165, 1.54) is 12.3 Å². The summed E-state index contributed by atoms with van der Waals surface area (Å²) in [6.45, 7) is 2.29. The summed E-state index contributed by atoms with van der Waals surface area (Å²) in [5, 5.41) is 27.0. The molecule has 0 spiro atoms. The van der Waals surface area contributed by atoms with Crippen molar-refractivity contribution < 1.29 is 37.0 Å². The summed E-state index contributed by atoms with van der Waals surface area (Å²) in [5.41, 5.74) is 2.88. The third-order valence-electron chi connectivity index (χ3n) is 5.46. The molecule has 0 saturated carbocycles. The minimum Gasteiger partial charge on any atom is -0.491 e. The fourth-order valence-electron chi connectivity index (χ4n) is 3.76. The zero-order valence-corrected chi connectivity index (χ0v) is 21.0. The van der Waals surface area contributed by atoms with Crippen molar-refractivity contribution >= 4 is 16.7 Å². The highest BCUT2D eigenvalue weighted by atomic mass is 19.4. The molecule has 0 atom stereocenters. The average Bonchev–Trinajstić information content (AvgIpc) is 3.60. The zero-order valence-electron chi connectivity index (χ0n) is 21.0. The third-order valence-corrected chi connectivity index (χ3v) is 5.46. The minimum absolute atomic E-state index is 0.0303. The Balaban J connectivity index is 1.14. The van der Waals surface area contributed by atoms with Crippen LogP contribution in [0.3, 0.4) is 0 Å². The molecule has 1 aromatic carbocycles. The van der Waals surface area contributed by atoms with Gasteiger partial charge in [0.15, 0.2) is 0 Å². The lowest BCUT2D eigenvalue weighted by molar-refractivity contribution is -0.274. The van der Waals surface area contributed by atoms with Crippen molar-refractivity contribution in [1.29, 1.82) is 0 Å². The molecule has 0 fully saturated rings. The standard InChI is InChI=1S/C25H29F3N6O5/c26-25(27,28)39-20-10-17(9-19(11-20)37-8-5-35)13-29-3-1-2-6-36-7-4-30-24-21-15-31-34-23(21)12-22(33-24)18-14-32-38-16-18/h9-12,14-16,29,35H,1-8,13H2,(H,30,33)(H,31,34). The highest BCUT2D eigenvalue weighted by molar-refractivity contribution is 5.91. The van der Waals surface area contributed by atoms with Gasteiger partial charge < -0.3 is 34.5 Å². The number of aliphatic hydroxyl groups excluding tert-OH is 1. The van der Waals surface area contributed by atoms with Gasteiger partial charge in [-0.05, 0) is 43.1 Å². The molecule has 0 aliphatic carbocycles. The maximum atomic E-state index is 12.6. The molecular formula is C25H29F3N6O5. The van der Waals surface area contributed by atoms with Crippen LogP contribution < -0.4 is 20.1 Å². The largest absolute Gasteiger partial charge is 0.573 e. The first-order valence-electron chi connectivity index (χ1n) is 12.3. The Morgan fingerprint density at radius 1 is 1.00 bits per heavy atom. The maximum Gasteiger partial charge on any atom is 0.573 e. The normalized spacial score (nSPS) is 11.7. The first-order chi connectivity index (χ1) is 18.9. The van der Waals surface area contributed by atoms with Crippen LogP contribution in [0.2, 0.25) is 0 Å². The Kier molecular flexibility index (Phi) is 9.94. The third kappa shape index (κ3) is 8.84. The number of pyridine rings is 1. The van der Waals surface area contributed by atoms with E-state index in [2.05, 4.69) is 35.7 Å². The van der Waals surface area contributed by atoms with Gasteiger partial charge in [-0.3, -0.25) is 5.10 Å². The van der Waals surface area contributed by atoms with Gasteiger partial charge in [0.05, 0.1) is 47.8 Å². The number of benzene rings is 1. The number of ether oxygens (including phenoxy) is 3. The number of aromatic nitrogens is 4. The van der Waals surface area contributed by atoms with E-state index in [-0.39, 0.29) is 24.7 Å². The Morgan fingerprint density at radius 3 is 2.67 bits per heavy atom. The Hall–Kier alpha value is -3.88. The van der Waals surface area contributed by atoms with Crippen LogP contribution in [-0.2, 0) is 11.3 Å². The number of alkyl halides is 3. The molecule has 0 bridgehead atoms. The number of hydrogen-bond acceptors (Lipinski definition) is 10. The highest BCUT2D eigenvalue weighted by Gasteiger charge is 2.31. The second-order valence-electron chi connectivity index (χ2n) is 8.46. The average molecular weight is 551 g/mol. The van der Waals surface area contributed by atoms with Crippen LogP contribution in [0.25, 0.3) is 22.2 Å². The van der Waals surface area contributed by atoms with Crippen LogP contribution >= 0.6 is 0 Å². The van der Waals surface area contributed by atoms with E-state index >= 15 is 0 Å². The van der Waals surface area contributed by atoms with E-state index in [4.69, 9.17) is 19.1 Å². The quantitative estimate of drug-likeness (QED) is 0.152. The summed E-state index contributed by atoms with van der Waals surface area (Å²) in [5.74, 6) is 0.504. The second kappa shape index (κ2) is 13.8. The van der Waals surface area contributed by atoms with E-state index in [9.17, 15) is 13.2 Å². The summed E-state index contributed by atoms with van der Waals surface area (Å²) >= 11 is 0. The molecule has 0 aliphatic rings. The lowest BCUT2D eigenvalue weighted by Gasteiger charge is -2.13. The fourth-order valence-corrected chi connectivity index (χ4v) is 3.76. The molecule has 0 unspecified atom stereocenters. The van der Waals surface area contributed by atoms with E-state index in [1.54, 1.807) is 18.5 Å². The van der Waals surface area contributed by atoms with Crippen molar-refractivity contribution in [3.63, 3.8) is 0 Å². The van der Waals surface area contributed by atoms with Crippen LogP contribution in [0.1, 0.15) is 18.4 Å². The maximum absolute atomic E-state index is 12.6. The number of unbranched alkanes of at least 4 members (excludes halogenated alkanes) is 1. The summed E-state index contributed by atoms with van der Waals surface area (Å²) in [6.07, 6.45) is 1.64. The lowest BCUT2D eigenvalue weighted by Crippen LogP contribution is -2.18. The fraction of sp³-hybridized carbons (Fsp3) is 0.400. The van der Waals surface area contributed by atoms with Crippen molar-refractivity contribution in [3.05, 3.63) is 48.5 Å². The number of rotatable bonds is 16. The first kappa shape index (κ1) is 28.1. The number of nitrogens with zero attached hydrogens (tertiary/aromatic N) is 3. The van der Waals surface area contributed by atoms with Gasteiger partial charge in [0.2, 0.25) is 0 Å². The molecule has 210 valence electrons.